The number of amides is 3. The summed E-state index contributed by atoms with van der Waals surface area (Å²) in [5.74, 6) is -0.727. The van der Waals surface area contributed by atoms with Crippen molar-refractivity contribution in [1.82, 2.24) is 4.90 Å². The third kappa shape index (κ3) is 5.59. The van der Waals surface area contributed by atoms with Crippen molar-refractivity contribution < 1.29 is 14.4 Å². The summed E-state index contributed by atoms with van der Waals surface area (Å²) in [6, 6.07) is 12.5. The second-order valence-corrected chi connectivity index (χ2v) is 9.88. The van der Waals surface area contributed by atoms with Gasteiger partial charge in [-0.2, -0.15) is 4.99 Å². The number of carbonyl (C=O) groups is 3. The van der Waals surface area contributed by atoms with E-state index in [9.17, 15) is 14.4 Å². The largest absolute Gasteiger partial charge is 0.377 e. The van der Waals surface area contributed by atoms with E-state index >= 15 is 0 Å². The third-order valence-electron chi connectivity index (χ3n) is 5.84. The molecule has 0 spiro atoms. The lowest BCUT2D eigenvalue weighted by molar-refractivity contribution is -0.121. The average molecular weight is 480 g/mol. The van der Waals surface area contributed by atoms with E-state index in [2.05, 4.69) is 20.5 Å². The van der Waals surface area contributed by atoms with Gasteiger partial charge in [0.05, 0.1) is 0 Å². The van der Waals surface area contributed by atoms with Gasteiger partial charge in [-0.3, -0.25) is 14.4 Å². The van der Waals surface area contributed by atoms with Gasteiger partial charge in [0.25, 0.3) is 11.8 Å². The first-order valence-corrected chi connectivity index (χ1v) is 12.2. The number of likely N-dealkylation sites (tertiary alicyclic amines) is 1. The molecule has 1 fully saturated rings. The van der Waals surface area contributed by atoms with Gasteiger partial charge in [-0.15, -0.1) is 0 Å². The van der Waals surface area contributed by atoms with Crippen LogP contribution in [0.25, 0.3) is 0 Å². The topological polar surface area (TPSA) is 94.1 Å². The zero-order valence-electron chi connectivity index (χ0n) is 19.6. The Morgan fingerprint density at radius 1 is 1.06 bits per heavy atom. The molecule has 0 saturated carbocycles. The molecule has 9 heteroatoms. The Balaban J connectivity index is 1.29. The molecule has 1 atom stereocenters. The van der Waals surface area contributed by atoms with Crippen LogP contribution in [0.2, 0.25) is 0 Å². The summed E-state index contributed by atoms with van der Waals surface area (Å²) >= 11 is 1.38. The standard InChI is InChI=1S/C25H29N5O3S/c1-16-14-19(10-11-20(16)29(2)3)27-23(32)17-6-8-18(9-7-17)26-22(31)15-21-24(33)28-25(34-21)30-12-4-5-13-30/h6-11,14,21H,4-5,12-13,15H2,1-3H3,(H,26,31)(H,27,32). The fourth-order valence-corrected chi connectivity index (χ4v) is 5.19. The number of amidine groups is 1. The Bertz CT molecular complexity index is 1120. The number of anilines is 3. The molecule has 1 unspecified atom stereocenters. The molecule has 0 radical (unpaired) electrons. The SMILES string of the molecule is Cc1cc(NC(=O)c2ccc(NC(=O)CC3SC(N4CCCC4)=NC3=O)cc2)ccc1N(C)C. The third-order valence-corrected chi connectivity index (χ3v) is 7.06. The van der Waals surface area contributed by atoms with Crippen molar-refractivity contribution in [2.45, 2.75) is 31.4 Å². The summed E-state index contributed by atoms with van der Waals surface area (Å²) in [5.41, 5.74) is 3.94. The molecule has 2 N–H and O–H groups in total. The monoisotopic (exact) mass is 479 g/mol. The minimum atomic E-state index is -0.483. The Morgan fingerprint density at radius 3 is 2.38 bits per heavy atom. The first kappa shape index (κ1) is 23.8. The van der Waals surface area contributed by atoms with Crippen molar-refractivity contribution in [1.29, 1.82) is 0 Å². The van der Waals surface area contributed by atoms with Gasteiger partial charge < -0.3 is 20.4 Å². The fourth-order valence-electron chi connectivity index (χ4n) is 4.08. The highest BCUT2D eigenvalue weighted by atomic mass is 32.2. The minimum Gasteiger partial charge on any atom is -0.377 e. The highest BCUT2D eigenvalue weighted by Crippen LogP contribution is 2.29. The molecule has 34 heavy (non-hydrogen) atoms. The van der Waals surface area contributed by atoms with E-state index in [4.69, 9.17) is 0 Å². The predicted octanol–water partition coefficient (Wildman–Crippen LogP) is 3.74. The predicted molar refractivity (Wildman–Crippen MR) is 138 cm³/mol. The van der Waals surface area contributed by atoms with Crippen LogP contribution in [0.3, 0.4) is 0 Å². The maximum Gasteiger partial charge on any atom is 0.262 e. The van der Waals surface area contributed by atoms with Crippen LogP contribution < -0.4 is 15.5 Å². The molecule has 1 saturated heterocycles. The van der Waals surface area contributed by atoms with Crippen LogP contribution in [-0.2, 0) is 9.59 Å². The van der Waals surface area contributed by atoms with E-state index in [0.717, 1.165) is 48.0 Å². The van der Waals surface area contributed by atoms with Gasteiger partial charge in [-0.25, -0.2) is 0 Å². The van der Waals surface area contributed by atoms with Crippen LogP contribution in [0, 0.1) is 6.92 Å². The molecule has 4 rings (SSSR count). The van der Waals surface area contributed by atoms with Crippen LogP contribution in [0.15, 0.2) is 47.5 Å². The van der Waals surface area contributed by atoms with Crippen LogP contribution in [-0.4, -0.2) is 60.2 Å². The van der Waals surface area contributed by atoms with Crippen LogP contribution >= 0.6 is 11.8 Å². The van der Waals surface area contributed by atoms with Crippen molar-refractivity contribution in [2.24, 2.45) is 4.99 Å². The van der Waals surface area contributed by atoms with Gasteiger partial charge in [-0.05, 0) is 67.8 Å². The van der Waals surface area contributed by atoms with Gasteiger partial charge in [-0.1, -0.05) is 11.8 Å². The van der Waals surface area contributed by atoms with E-state index < -0.39 is 5.25 Å². The lowest BCUT2D eigenvalue weighted by Crippen LogP contribution is -2.25. The smallest absolute Gasteiger partial charge is 0.262 e. The fraction of sp³-hybridized carbons (Fsp3) is 0.360. The van der Waals surface area contributed by atoms with Gasteiger partial charge in [0, 0.05) is 56.2 Å². The molecule has 2 aromatic carbocycles. The van der Waals surface area contributed by atoms with Crippen LogP contribution in [0.1, 0.15) is 35.2 Å². The summed E-state index contributed by atoms with van der Waals surface area (Å²) in [7, 11) is 3.95. The van der Waals surface area contributed by atoms with Gasteiger partial charge in [0.1, 0.15) is 5.25 Å². The zero-order chi connectivity index (χ0) is 24.2. The number of carbonyl (C=O) groups excluding carboxylic acids is 3. The number of thioether (sulfide) groups is 1. The number of benzene rings is 2. The van der Waals surface area contributed by atoms with E-state index in [-0.39, 0.29) is 24.1 Å². The van der Waals surface area contributed by atoms with Crippen molar-refractivity contribution in [3.8, 4) is 0 Å². The number of aliphatic imine (C=N–C) groups is 1. The quantitative estimate of drug-likeness (QED) is 0.656. The number of hydrogen-bond acceptors (Lipinski definition) is 6. The molecule has 178 valence electrons. The Labute approximate surface area is 203 Å². The molecule has 8 nitrogen and oxygen atoms in total. The van der Waals surface area contributed by atoms with Crippen molar-refractivity contribution in [3.05, 3.63) is 53.6 Å². The van der Waals surface area contributed by atoms with Gasteiger partial charge in [0.15, 0.2) is 5.17 Å². The second kappa shape index (κ2) is 10.3. The average Bonchev–Trinajstić information content (AvgIpc) is 3.44. The summed E-state index contributed by atoms with van der Waals surface area (Å²) in [5, 5.41) is 5.97. The second-order valence-electron chi connectivity index (χ2n) is 8.71. The molecule has 2 aliphatic rings. The molecular weight excluding hydrogens is 450 g/mol. The first-order valence-electron chi connectivity index (χ1n) is 11.3. The van der Waals surface area contributed by atoms with E-state index in [1.54, 1.807) is 24.3 Å². The van der Waals surface area contributed by atoms with Gasteiger partial charge >= 0.3 is 0 Å². The highest BCUT2D eigenvalue weighted by Gasteiger charge is 2.33. The van der Waals surface area contributed by atoms with Crippen LogP contribution in [0.4, 0.5) is 17.1 Å². The molecule has 2 aromatic rings. The number of nitrogens with one attached hydrogen (secondary N) is 2. The van der Waals surface area contributed by atoms with E-state index in [1.165, 1.54) is 11.8 Å². The molecule has 2 heterocycles. The van der Waals surface area contributed by atoms with E-state index in [0.29, 0.717) is 11.3 Å². The zero-order valence-corrected chi connectivity index (χ0v) is 20.4. The van der Waals surface area contributed by atoms with Crippen LogP contribution in [0.5, 0.6) is 0 Å². The first-order chi connectivity index (χ1) is 16.3. The van der Waals surface area contributed by atoms with Crippen molar-refractivity contribution >= 4 is 51.7 Å². The molecule has 0 bridgehead atoms. The van der Waals surface area contributed by atoms with Crippen molar-refractivity contribution in [2.75, 3.05) is 42.7 Å². The summed E-state index contributed by atoms with van der Waals surface area (Å²) < 4.78 is 0. The Kier molecular flexibility index (Phi) is 7.21. The maximum atomic E-state index is 12.6. The normalized spacial score (nSPS) is 17.5. The summed E-state index contributed by atoms with van der Waals surface area (Å²) in [6.07, 6.45) is 2.28. The Morgan fingerprint density at radius 2 is 1.74 bits per heavy atom. The number of hydrogen-bond donors (Lipinski definition) is 2. The number of aryl methyl sites for hydroxylation is 1. The Hall–Kier alpha value is -3.33. The molecule has 0 aliphatic carbocycles. The van der Waals surface area contributed by atoms with Crippen molar-refractivity contribution in [3.63, 3.8) is 0 Å². The summed E-state index contributed by atoms with van der Waals surface area (Å²) in [4.78, 5) is 45.6. The minimum absolute atomic E-state index is 0.0644. The molecule has 2 aliphatic heterocycles. The molecule has 0 aromatic heterocycles. The highest BCUT2D eigenvalue weighted by molar-refractivity contribution is 8.15. The summed E-state index contributed by atoms with van der Waals surface area (Å²) in [6.45, 7) is 3.83. The molecule has 3 amide bonds. The lowest BCUT2D eigenvalue weighted by atomic mass is 10.1. The molecular formula is C25H29N5O3S. The number of rotatable bonds is 6. The maximum absolute atomic E-state index is 12.6. The van der Waals surface area contributed by atoms with Gasteiger partial charge in [0.2, 0.25) is 5.91 Å². The van der Waals surface area contributed by atoms with E-state index in [1.807, 2.05) is 44.1 Å². The number of nitrogens with zero attached hydrogens (tertiary/aromatic N) is 3. The lowest BCUT2D eigenvalue weighted by Gasteiger charge is -2.16.